The van der Waals surface area contributed by atoms with E-state index in [4.69, 9.17) is 9.31 Å². The minimum atomic E-state index is -0.580. The van der Waals surface area contributed by atoms with Gasteiger partial charge >= 0.3 is 7.12 Å². The van der Waals surface area contributed by atoms with Crippen molar-refractivity contribution in [3.8, 4) is 0 Å². The molecule has 2 aromatic rings. The van der Waals surface area contributed by atoms with E-state index in [1.54, 1.807) is 10.6 Å². The summed E-state index contributed by atoms with van der Waals surface area (Å²) in [4.78, 5) is 0. The van der Waals surface area contributed by atoms with Crippen LogP contribution in [-0.4, -0.2) is 27.9 Å². The highest BCUT2D eigenvalue weighted by molar-refractivity contribution is 14.2. The van der Waals surface area contributed by atoms with Gasteiger partial charge in [-0.05, 0) is 61.3 Å². The molecule has 0 spiro atoms. The van der Waals surface area contributed by atoms with Crippen LogP contribution in [0, 0.1) is 5.82 Å². The molecule has 1 unspecified atom stereocenters. The zero-order valence-corrected chi connectivity index (χ0v) is 15.4. The van der Waals surface area contributed by atoms with Gasteiger partial charge in [-0.3, -0.25) is 0 Å². The minimum absolute atomic E-state index is 0.302. The first-order valence-corrected chi connectivity index (χ1v) is 10.7. The number of nitrogens with zero attached hydrogens (tertiary/aromatic N) is 2. The lowest BCUT2D eigenvalue weighted by molar-refractivity contribution is 0.00578. The topological polar surface area (TPSA) is 36.3 Å². The van der Waals surface area contributed by atoms with E-state index in [1.165, 1.54) is 12.1 Å². The fourth-order valence-electron chi connectivity index (χ4n) is 2.35. The maximum Gasteiger partial charge on any atom is 0.495 e. The lowest BCUT2D eigenvalue weighted by Crippen LogP contribution is -2.41. The molecule has 1 aromatic carbocycles. The van der Waals surface area contributed by atoms with Gasteiger partial charge in [0.1, 0.15) is 5.82 Å². The van der Waals surface area contributed by atoms with Gasteiger partial charge in [-0.2, -0.15) is 5.10 Å². The Hall–Kier alpha value is -0.235. The molecule has 1 fully saturated rings. The highest BCUT2D eigenvalue weighted by Crippen LogP contribution is 2.37. The van der Waals surface area contributed by atoms with Crippen molar-refractivity contribution in [2.45, 2.75) is 38.9 Å². The van der Waals surface area contributed by atoms with Crippen LogP contribution in [-0.2, 0) is 9.31 Å². The summed E-state index contributed by atoms with van der Waals surface area (Å²) >= 11 is 2.22. The Morgan fingerprint density at radius 2 is 1.86 bits per heavy atom. The Morgan fingerprint density at radius 1 is 1.24 bits per heavy atom. The fourth-order valence-corrected chi connectivity index (χ4v) is 3.88. The monoisotopic (exact) mass is 420 g/mol. The normalized spacial score (nSPS) is 21.0. The SMILES string of the molecule is CC1(C)OB(c2cc(F)cc3c2cnn3PI)OC1(C)C. The standard InChI is InChI=1S/C13H16BFIN2O2P/c1-12(2)13(3,4)20-14(19-12)10-5-8(15)6-11-9(10)7-17-18(11)21-16/h5-7,21H,1-4H3. The summed E-state index contributed by atoms with van der Waals surface area (Å²) < 4.78 is 27.8. The molecule has 0 saturated carbocycles. The fraction of sp³-hybridized carbons (Fsp3) is 0.462. The van der Waals surface area contributed by atoms with Crippen LogP contribution < -0.4 is 5.46 Å². The zero-order valence-electron chi connectivity index (χ0n) is 12.3. The number of hydrogen-bond donors (Lipinski definition) is 0. The van der Waals surface area contributed by atoms with Crippen molar-refractivity contribution >= 4 is 51.9 Å². The van der Waals surface area contributed by atoms with Crippen molar-refractivity contribution in [2.75, 3.05) is 0 Å². The molecule has 0 bridgehead atoms. The van der Waals surface area contributed by atoms with E-state index in [1.807, 2.05) is 27.7 Å². The lowest BCUT2D eigenvalue weighted by atomic mass is 9.77. The first kappa shape index (κ1) is 15.7. The second-order valence-corrected chi connectivity index (χ2v) is 8.20. The molecule has 1 aliphatic heterocycles. The third-order valence-electron chi connectivity index (χ3n) is 4.27. The third-order valence-corrected chi connectivity index (χ3v) is 6.16. The highest BCUT2D eigenvalue weighted by atomic mass is 127. The first-order chi connectivity index (χ1) is 9.75. The smallest absolute Gasteiger partial charge is 0.399 e. The molecule has 0 aliphatic carbocycles. The van der Waals surface area contributed by atoms with Crippen molar-refractivity contribution in [3.63, 3.8) is 0 Å². The van der Waals surface area contributed by atoms with Gasteiger partial charge in [-0.1, -0.05) is 0 Å². The van der Waals surface area contributed by atoms with Gasteiger partial charge in [0, 0.05) is 11.5 Å². The summed E-state index contributed by atoms with van der Waals surface area (Å²) in [6.45, 7) is 7.94. The molecule has 4 nitrogen and oxygen atoms in total. The van der Waals surface area contributed by atoms with Crippen molar-refractivity contribution in [1.29, 1.82) is 0 Å². The van der Waals surface area contributed by atoms with Crippen molar-refractivity contribution in [1.82, 2.24) is 9.55 Å². The Morgan fingerprint density at radius 3 is 2.43 bits per heavy atom. The molecule has 1 aromatic heterocycles. The average Bonchev–Trinajstić information content (AvgIpc) is 2.87. The summed E-state index contributed by atoms with van der Waals surface area (Å²) in [7, 11) is -0.580. The molecule has 2 heterocycles. The quantitative estimate of drug-likeness (QED) is 0.426. The number of hydrogen-bond acceptors (Lipinski definition) is 3. The third kappa shape index (κ3) is 2.52. The van der Waals surface area contributed by atoms with Crippen LogP contribution in [0.25, 0.3) is 10.9 Å². The first-order valence-electron chi connectivity index (χ1n) is 6.65. The predicted molar refractivity (Wildman–Crippen MR) is 93.1 cm³/mol. The maximum atomic E-state index is 14.0. The van der Waals surface area contributed by atoms with Crippen molar-refractivity contribution in [3.05, 3.63) is 24.1 Å². The maximum absolute atomic E-state index is 14.0. The number of benzene rings is 1. The summed E-state index contributed by atoms with van der Waals surface area (Å²) in [6.07, 6.45) is 2.17. The van der Waals surface area contributed by atoms with E-state index >= 15 is 0 Å². The Bertz CT molecular complexity index is 691. The average molecular weight is 420 g/mol. The van der Waals surface area contributed by atoms with E-state index < -0.39 is 18.3 Å². The molecule has 0 N–H and O–H groups in total. The molecule has 1 saturated heterocycles. The Kier molecular flexibility index (Phi) is 3.84. The molecular weight excluding hydrogens is 404 g/mol. The van der Waals surface area contributed by atoms with E-state index in [-0.39, 0.29) is 5.82 Å². The number of halogens is 2. The zero-order chi connectivity index (χ0) is 15.4. The van der Waals surface area contributed by atoms with Crippen LogP contribution in [0.3, 0.4) is 0 Å². The number of fused-ring (bicyclic) bond motifs is 1. The summed E-state index contributed by atoms with van der Waals surface area (Å²) in [5.74, 6) is -0.302. The van der Waals surface area contributed by atoms with E-state index in [0.29, 0.717) is 11.8 Å². The van der Waals surface area contributed by atoms with E-state index in [0.717, 1.165) is 10.9 Å². The van der Waals surface area contributed by atoms with Crippen LogP contribution >= 0.6 is 28.4 Å². The van der Waals surface area contributed by atoms with Crippen LogP contribution in [0.2, 0.25) is 0 Å². The van der Waals surface area contributed by atoms with Gasteiger partial charge in [0.15, 0.2) is 0 Å². The lowest BCUT2D eigenvalue weighted by Gasteiger charge is -2.32. The van der Waals surface area contributed by atoms with Crippen LogP contribution in [0.5, 0.6) is 0 Å². The number of aromatic nitrogens is 2. The van der Waals surface area contributed by atoms with Crippen LogP contribution in [0.4, 0.5) is 4.39 Å². The summed E-state index contributed by atoms with van der Waals surface area (Å²) in [6, 6.07) is 2.98. The molecule has 8 heteroatoms. The van der Waals surface area contributed by atoms with Gasteiger partial charge in [-0.25, -0.2) is 8.84 Å². The molecule has 112 valence electrons. The molecule has 1 atom stereocenters. The second-order valence-electron chi connectivity index (χ2n) is 6.16. The van der Waals surface area contributed by atoms with Crippen LogP contribution in [0.1, 0.15) is 27.7 Å². The largest absolute Gasteiger partial charge is 0.495 e. The van der Waals surface area contributed by atoms with Gasteiger partial charge < -0.3 is 9.31 Å². The van der Waals surface area contributed by atoms with E-state index in [9.17, 15) is 4.39 Å². The van der Waals surface area contributed by atoms with Crippen molar-refractivity contribution < 1.29 is 13.7 Å². The van der Waals surface area contributed by atoms with Gasteiger partial charge in [0.2, 0.25) is 0 Å². The minimum Gasteiger partial charge on any atom is -0.399 e. The summed E-state index contributed by atoms with van der Waals surface area (Å²) in [5.41, 5.74) is 0.575. The Balaban J connectivity index is 2.12. The molecule has 21 heavy (non-hydrogen) atoms. The van der Waals surface area contributed by atoms with Gasteiger partial charge in [0.05, 0.1) is 29.3 Å². The summed E-state index contributed by atoms with van der Waals surface area (Å²) in [5, 5.41) is 5.18. The Labute approximate surface area is 138 Å². The molecular formula is C13H16BFIN2O2P. The van der Waals surface area contributed by atoms with Crippen LogP contribution in [0.15, 0.2) is 18.3 Å². The van der Waals surface area contributed by atoms with Gasteiger partial charge in [-0.15, -0.1) is 0 Å². The predicted octanol–water partition coefficient (Wildman–Crippen LogP) is 3.27. The molecule has 0 radical (unpaired) electrons. The van der Waals surface area contributed by atoms with E-state index in [2.05, 4.69) is 27.1 Å². The second kappa shape index (κ2) is 5.15. The highest BCUT2D eigenvalue weighted by Gasteiger charge is 2.52. The van der Waals surface area contributed by atoms with Gasteiger partial charge in [0.25, 0.3) is 0 Å². The van der Waals surface area contributed by atoms with Crippen molar-refractivity contribution in [2.24, 2.45) is 0 Å². The molecule has 0 amide bonds. The number of rotatable bonds is 2. The molecule has 1 aliphatic rings. The molecule has 3 rings (SSSR count).